The fraction of sp³-hybridized carbons (Fsp3) is 0.951. The molecule has 600 valence electrons. The van der Waals surface area contributed by atoms with Crippen LogP contribution >= 0.6 is 15.6 Å². The SMILES string of the molecule is CCC(C)CCCCCCCCC(=O)OC[C@H](COP(=O)(O)OC[C@H](O)COP(=O)(O)OC[C@@H](COC(=O)CCCCCCCCCCCCCCCCCCCCC(C)C)OC(=O)CCCCCCCCCCCCCC(C)C)OC(=O)CCCCCCCCCCCCCCCC(C)C. The van der Waals surface area contributed by atoms with Gasteiger partial charge in [-0.15, -0.1) is 0 Å². The van der Waals surface area contributed by atoms with E-state index >= 15 is 0 Å². The van der Waals surface area contributed by atoms with Gasteiger partial charge in [0.1, 0.15) is 19.3 Å². The first kappa shape index (κ1) is 99.1. The molecular weight excluding hydrogens is 1320 g/mol. The smallest absolute Gasteiger partial charge is 0.462 e. The molecule has 0 heterocycles. The molecule has 0 aromatic heterocycles. The van der Waals surface area contributed by atoms with Crippen LogP contribution in [-0.4, -0.2) is 96.7 Å². The van der Waals surface area contributed by atoms with Crippen LogP contribution in [0.3, 0.4) is 0 Å². The summed E-state index contributed by atoms with van der Waals surface area (Å²) in [6, 6.07) is 0. The first-order valence-corrected chi connectivity index (χ1v) is 45.2. The first-order chi connectivity index (χ1) is 48.6. The number of carbonyl (C=O) groups excluding carboxylic acids is 4. The molecule has 0 amide bonds. The summed E-state index contributed by atoms with van der Waals surface area (Å²) in [5, 5.41) is 10.6. The van der Waals surface area contributed by atoms with Crippen molar-refractivity contribution in [3.8, 4) is 0 Å². The highest BCUT2D eigenvalue weighted by Crippen LogP contribution is 2.45. The minimum atomic E-state index is -4.96. The van der Waals surface area contributed by atoms with Crippen LogP contribution in [0.5, 0.6) is 0 Å². The summed E-state index contributed by atoms with van der Waals surface area (Å²) in [6.07, 6.45) is 58.4. The summed E-state index contributed by atoms with van der Waals surface area (Å²) >= 11 is 0. The van der Waals surface area contributed by atoms with Gasteiger partial charge in [0.05, 0.1) is 26.4 Å². The van der Waals surface area contributed by atoms with E-state index in [0.29, 0.717) is 25.7 Å². The summed E-state index contributed by atoms with van der Waals surface area (Å²) in [4.78, 5) is 73.0. The van der Waals surface area contributed by atoms with Crippen molar-refractivity contribution < 1.29 is 80.2 Å². The van der Waals surface area contributed by atoms with E-state index in [4.69, 9.17) is 37.0 Å². The van der Waals surface area contributed by atoms with Crippen LogP contribution in [0.2, 0.25) is 0 Å². The Morgan fingerprint density at radius 2 is 0.475 bits per heavy atom. The summed E-state index contributed by atoms with van der Waals surface area (Å²) in [7, 11) is -9.92. The molecule has 0 fully saturated rings. The van der Waals surface area contributed by atoms with E-state index in [-0.39, 0.29) is 25.7 Å². The third-order valence-electron chi connectivity index (χ3n) is 19.4. The van der Waals surface area contributed by atoms with E-state index in [0.717, 1.165) is 120 Å². The number of phosphoric acid groups is 2. The largest absolute Gasteiger partial charge is 0.472 e. The normalized spacial score (nSPS) is 14.3. The Kier molecular flexibility index (Phi) is 69.6. The molecule has 0 aromatic rings. The zero-order valence-corrected chi connectivity index (χ0v) is 68.3. The van der Waals surface area contributed by atoms with Crippen LogP contribution in [0.25, 0.3) is 0 Å². The maximum absolute atomic E-state index is 13.1. The van der Waals surface area contributed by atoms with Crippen molar-refractivity contribution in [2.75, 3.05) is 39.6 Å². The minimum Gasteiger partial charge on any atom is -0.462 e. The molecule has 0 bridgehead atoms. The van der Waals surface area contributed by atoms with Crippen LogP contribution < -0.4 is 0 Å². The van der Waals surface area contributed by atoms with E-state index in [1.807, 2.05) is 0 Å². The monoisotopic (exact) mass is 1480 g/mol. The molecule has 101 heavy (non-hydrogen) atoms. The van der Waals surface area contributed by atoms with E-state index in [1.54, 1.807) is 0 Å². The van der Waals surface area contributed by atoms with E-state index in [9.17, 15) is 43.2 Å². The standard InChI is InChI=1S/C82H160O17P2/c1-9-75(8)61-53-45-40-41-47-55-63-80(85)93-69-78(99-81(86)64-56-48-38-32-26-20-16-18-23-29-35-43-51-59-73(4)5)71-97-101(90,91)95-67-76(83)66-94-100(88,89)96-70-77(98-82(87)65-57-49-39-33-27-21-24-30-36-44-52-60-74(6)7)68-92-79(84)62-54-46-37-31-25-19-15-13-11-10-12-14-17-22-28-34-42-50-58-72(2)3/h72-78,83H,9-71H2,1-8H3,(H,88,89)(H,90,91)/t75?,76-,77-,78-/m1/s1. The highest BCUT2D eigenvalue weighted by Gasteiger charge is 2.30. The van der Waals surface area contributed by atoms with Gasteiger partial charge in [0, 0.05) is 25.7 Å². The second-order valence-corrected chi connectivity index (χ2v) is 34.1. The van der Waals surface area contributed by atoms with Crippen molar-refractivity contribution in [3.63, 3.8) is 0 Å². The fourth-order valence-electron chi connectivity index (χ4n) is 12.6. The third-order valence-corrected chi connectivity index (χ3v) is 21.3. The molecule has 0 radical (unpaired) electrons. The predicted molar refractivity (Wildman–Crippen MR) is 414 cm³/mol. The zero-order valence-electron chi connectivity index (χ0n) is 66.5. The number of aliphatic hydroxyl groups excluding tert-OH is 1. The third kappa shape index (κ3) is 74.7. The molecule has 3 N–H and O–H groups in total. The quantitative estimate of drug-likeness (QED) is 0.0222. The topological polar surface area (TPSA) is 237 Å². The number of carbonyl (C=O) groups is 4. The van der Waals surface area contributed by atoms with Crippen LogP contribution in [-0.2, 0) is 65.4 Å². The maximum atomic E-state index is 13.1. The van der Waals surface area contributed by atoms with Gasteiger partial charge in [-0.2, -0.15) is 0 Å². The Morgan fingerprint density at radius 3 is 0.703 bits per heavy atom. The zero-order chi connectivity index (χ0) is 74.6. The number of aliphatic hydroxyl groups is 1. The van der Waals surface area contributed by atoms with Crippen molar-refractivity contribution in [2.24, 2.45) is 23.7 Å². The molecule has 0 spiro atoms. The van der Waals surface area contributed by atoms with Crippen LogP contribution in [0.1, 0.15) is 421 Å². The predicted octanol–water partition coefficient (Wildman–Crippen LogP) is 24.4. The molecule has 0 saturated carbocycles. The lowest BCUT2D eigenvalue weighted by atomic mass is 10.00. The first-order valence-electron chi connectivity index (χ1n) is 42.2. The number of rotatable bonds is 79. The highest BCUT2D eigenvalue weighted by atomic mass is 31.2. The van der Waals surface area contributed by atoms with Gasteiger partial charge in [-0.05, 0) is 49.4 Å². The molecule has 0 rings (SSSR count). The van der Waals surface area contributed by atoms with E-state index < -0.39 is 97.5 Å². The second kappa shape index (κ2) is 71.0. The van der Waals surface area contributed by atoms with Gasteiger partial charge in [0.25, 0.3) is 0 Å². The second-order valence-electron chi connectivity index (χ2n) is 31.2. The lowest BCUT2D eigenvalue weighted by Gasteiger charge is -2.21. The molecule has 19 heteroatoms. The Hall–Kier alpha value is -1.94. The molecule has 0 aliphatic rings. The van der Waals surface area contributed by atoms with Crippen LogP contribution in [0, 0.1) is 23.7 Å². The Balaban J connectivity index is 5.21. The number of phosphoric ester groups is 2. The van der Waals surface area contributed by atoms with Crippen molar-refractivity contribution in [2.45, 2.75) is 440 Å². The maximum Gasteiger partial charge on any atom is 0.472 e. The number of hydrogen-bond acceptors (Lipinski definition) is 15. The molecule has 0 aliphatic carbocycles. The Labute approximate surface area is 619 Å². The molecule has 17 nitrogen and oxygen atoms in total. The van der Waals surface area contributed by atoms with Crippen molar-refractivity contribution in [3.05, 3.63) is 0 Å². The number of esters is 4. The average molecular weight is 1480 g/mol. The number of unbranched alkanes of at least 4 members (excludes halogenated alkanes) is 44. The van der Waals surface area contributed by atoms with Crippen LogP contribution in [0.15, 0.2) is 0 Å². The van der Waals surface area contributed by atoms with Gasteiger partial charge < -0.3 is 33.8 Å². The summed E-state index contributed by atoms with van der Waals surface area (Å²) < 4.78 is 68.7. The average Bonchev–Trinajstić information content (AvgIpc) is 0.984. The van der Waals surface area contributed by atoms with Gasteiger partial charge in [-0.25, -0.2) is 9.13 Å². The van der Waals surface area contributed by atoms with Gasteiger partial charge in [0.2, 0.25) is 0 Å². The molecular formula is C82H160O17P2. The van der Waals surface area contributed by atoms with Crippen LogP contribution in [0.4, 0.5) is 0 Å². The fourth-order valence-corrected chi connectivity index (χ4v) is 14.2. The van der Waals surface area contributed by atoms with Gasteiger partial charge in [-0.3, -0.25) is 37.3 Å². The van der Waals surface area contributed by atoms with Crippen molar-refractivity contribution in [1.29, 1.82) is 0 Å². The summed E-state index contributed by atoms with van der Waals surface area (Å²) in [5.74, 6) is 0.992. The van der Waals surface area contributed by atoms with Crippen molar-refractivity contribution >= 4 is 39.5 Å². The lowest BCUT2D eigenvalue weighted by molar-refractivity contribution is -0.161. The number of hydrogen-bond donors (Lipinski definition) is 3. The van der Waals surface area contributed by atoms with Crippen molar-refractivity contribution in [1.82, 2.24) is 0 Å². The molecule has 0 aromatic carbocycles. The van der Waals surface area contributed by atoms with Gasteiger partial charge in [0.15, 0.2) is 12.2 Å². The molecule has 3 unspecified atom stereocenters. The van der Waals surface area contributed by atoms with Gasteiger partial charge in [-0.1, -0.05) is 370 Å². The highest BCUT2D eigenvalue weighted by molar-refractivity contribution is 7.47. The Bertz CT molecular complexity index is 1970. The molecule has 0 saturated heterocycles. The molecule has 6 atom stereocenters. The molecule has 0 aliphatic heterocycles. The van der Waals surface area contributed by atoms with Gasteiger partial charge >= 0.3 is 39.5 Å². The summed E-state index contributed by atoms with van der Waals surface area (Å²) in [5.41, 5.74) is 0. The van der Waals surface area contributed by atoms with E-state index in [2.05, 4.69) is 55.4 Å². The minimum absolute atomic E-state index is 0.106. The summed E-state index contributed by atoms with van der Waals surface area (Å²) in [6.45, 7) is 14.3. The Morgan fingerprint density at radius 1 is 0.277 bits per heavy atom. The number of ether oxygens (including phenoxy) is 4. The lowest BCUT2D eigenvalue weighted by Crippen LogP contribution is -2.30. The van der Waals surface area contributed by atoms with E-state index in [1.165, 1.54) is 218 Å².